The second kappa shape index (κ2) is 11.7. The van der Waals surface area contributed by atoms with Crippen LogP contribution in [0.2, 0.25) is 0 Å². The average Bonchev–Trinajstić information content (AvgIpc) is 2.72. The maximum absolute atomic E-state index is 11.2. The molecule has 0 aliphatic heterocycles. The van der Waals surface area contributed by atoms with Crippen molar-refractivity contribution in [2.45, 2.75) is 26.4 Å². The van der Waals surface area contributed by atoms with Gasteiger partial charge in [0, 0.05) is 51.4 Å². The largest absolute Gasteiger partial charge is 0.493 e. The Kier molecular flexibility index (Phi) is 8.98. The number of aliphatic imine (C=N–C) groups is 1. The first kappa shape index (κ1) is 22.2. The fourth-order valence-electron chi connectivity index (χ4n) is 2.70. The smallest absolute Gasteiger partial charge is 0.248 e. The van der Waals surface area contributed by atoms with Crippen molar-refractivity contribution in [1.82, 2.24) is 10.6 Å². The van der Waals surface area contributed by atoms with E-state index in [4.69, 9.17) is 15.2 Å². The van der Waals surface area contributed by atoms with Crippen molar-refractivity contribution >= 4 is 11.9 Å². The monoisotopic (exact) mass is 398 g/mol. The zero-order chi connectivity index (χ0) is 21.1. The molecular formula is C22H30N4O3. The first-order valence-corrected chi connectivity index (χ1v) is 9.58. The van der Waals surface area contributed by atoms with Gasteiger partial charge in [-0.2, -0.15) is 0 Å². The van der Waals surface area contributed by atoms with Crippen LogP contribution in [-0.2, 0) is 17.8 Å². The third-order valence-electron chi connectivity index (χ3n) is 4.34. The molecule has 0 saturated heterocycles. The zero-order valence-corrected chi connectivity index (χ0v) is 17.3. The summed E-state index contributed by atoms with van der Waals surface area (Å²) >= 11 is 0. The number of methoxy groups -OCH3 is 1. The highest BCUT2D eigenvalue weighted by atomic mass is 16.5. The Bertz CT molecular complexity index is 819. The summed E-state index contributed by atoms with van der Waals surface area (Å²) in [6.45, 7) is 4.49. The minimum absolute atomic E-state index is 0.430. The van der Waals surface area contributed by atoms with Gasteiger partial charge in [0.15, 0.2) is 5.96 Å². The highest BCUT2D eigenvalue weighted by molar-refractivity contribution is 5.92. The van der Waals surface area contributed by atoms with Crippen molar-refractivity contribution < 1.29 is 14.3 Å². The van der Waals surface area contributed by atoms with E-state index in [9.17, 15) is 4.79 Å². The Hall–Kier alpha value is -3.06. The van der Waals surface area contributed by atoms with Gasteiger partial charge in [0.25, 0.3) is 0 Å². The highest BCUT2D eigenvalue weighted by Crippen LogP contribution is 2.20. The van der Waals surface area contributed by atoms with E-state index in [1.807, 2.05) is 25.1 Å². The van der Waals surface area contributed by atoms with Crippen LogP contribution in [0.4, 0.5) is 0 Å². The highest BCUT2D eigenvalue weighted by Gasteiger charge is 2.07. The van der Waals surface area contributed by atoms with Crippen LogP contribution in [0.25, 0.3) is 0 Å². The summed E-state index contributed by atoms with van der Waals surface area (Å²) in [4.78, 5) is 15.4. The molecule has 0 unspecified atom stereocenters. The molecule has 0 aliphatic rings. The molecule has 0 aromatic heterocycles. The molecule has 1 amide bonds. The molecule has 156 valence electrons. The number of hydrogen-bond acceptors (Lipinski definition) is 4. The van der Waals surface area contributed by atoms with Gasteiger partial charge in [0.2, 0.25) is 5.91 Å². The van der Waals surface area contributed by atoms with Crippen molar-refractivity contribution in [2.75, 3.05) is 27.4 Å². The molecule has 0 aliphatic carbocycles. The lowest BCUT2D eigenvalue weighted by Gasteiger charge is -2.15. The lowest BCUT2D eigenvalue weighted by Crippen LogP contribution is -2.36. The molecule has 29 heavy (non-hydrogen) atoms. The fourth-order valence-corrected chi connectivity index (χ4v) is 2.70. The Morgan fingerprint density at radius 2 is 1.79 bits per heavy atom. The molecule has 0 fully saturated rings. The molecule has 0 radical (unpaired) electrons. The zero-order valence-electron chi connectivity index (χ0n) is 17.3. The number of nitrogens with one attached hydrogen (secondary N) is 2. The molecule has 2 rings (SSSR count). The third-order valence-corrected chi connectivity index (χ3v) is 4.34. The van der Waals surface area contributed by atoms with Crippen molar-refractivity contribution in [2.24, 2.45) is 10.7 Å². The quantitative estimate of drug-likeness (QED) is 0.324. The number of primary amides is 1. The van der Waals surface area contributed by atoms with Crippen LogP contribution in [0.1, 0.15) is 33.5 Å². The Morgan fingerprint density at radius 1 is 1.07 bits per heavy atom. The SMILES string of the molecule is CN=C(NCc1ccc(C(N)=O)cc1)NCc1ccc(C)cc1OCCCOC. The number of amides is 1. The van der Waals surface area contributed by atoms with Gasteiger partial charge in [-0.25, -0.2) is 0 Å². The number of nitrogens with two attached hydrogens (primary N) is 1. The summed E-state index contributed by atoms with van der Waals surface area (Å²) < 4.78 is 11.0. The summed E-state index contributed by atoms with van der Waals surface area (Å²) in [5.41, 5.74) is 8.99. The predicted molar refractivity (Wildman–Crippen MR) is 115 cm³/mol. The predicted octanol–water partition coefficient (Wildman–Crippen LogP) is 2.37. The third kappa shape index (κ3) is 7.46. The number of guanidine groups is 1. The summed E-state index contributed by atoms with van der Waals surface area (Å²) in [5, 5.41) is 6.57. The second-order valence-corrected chi connectivity index (χ2v) is 6.65. The summed E-state index contributed by atoms with van der Waals surface area (Å²) in [6, 6.07) is 13.3. The van der Waals surface area contributed by atoms with Crippen LogP contribution in [-0.4, -0.2) is 39.2 Å². The van der Waals surface area contributed by atoms with E-state index in [1.165, 1.54) is 0 Å². The number of carbonyl (C=O) groups is 1. The topological polar surface area (TPSA) is 98.0 Å². The number of aryl methyl sites for hydroxylation is 1. The van der Waals surface area contributed by atoms with Crippen LogP contribution in [0.15, 0.2) is 47.5 Å². The van der Waals surface area contributed by atoms with Crippen molar-refractivity contribution in [3.63, 3.8) is 0 Å². The van der Waals surface area contributed by atoms with Crippen LogP contribution in [0.5, 0.6) is 5.75 Å². The number of benzene rings is 2. The van der Waals surface area contributed by atoms with E-state index in [-0.39, 0.29) is 0 Å². The lowest BCUT2D eigenvalue weighted by atomic mass is 10.1. The minimum atomic E-state index is -0.430. The summed E-state index contributed by atoms with van der Waals surface area (Å²) in [6.07, 6.45) is 0.842. The Labute approximate surface area is 172 Å². The normalized spacial score (nSPS) is 11.2. The van der Waals surface area contributed by atoms with Crippen molar-refractivity contribution in [3.05, 3.63) is 64.7 Å². The summed E-state index contributed by atoms with van der Waals surface area (Å²) in [5.74, 6) is 1.11. The number of carbonyl (C=O) groups excluding carboxylic acids is 1. The Balaban J connectivity index is 1.90. The molecular weight excluding hydrogens is 368 g/mol. The minimum Gasteiger partial charge on any atom is -0.493 e. The number of nitrogens with zero attached hydrogens (tertiary/aromatic N) is 1. The Morgan fingerprint density at radius 3 is 2.45 bits per heavy atom. The first-order chi connectivity index (χ1) is 14.0. The van der Waals surface area contributed by atoms with Gasteiger partial charge in [-0.15, -0.1) is 0 Å². The van der Waals surface area contributed by atoms with E-state index >= 15 is 0 Å². The maximum Gasteiger partial charge on any atom is 0.248 e. The molecule has 0 bridgehead atoms. The first-order valence-electron chi connectivity index (χ1n) is 9.58. The van der Waals surface area contributed by atoms with Crippen LogP contribution in [0.3, 0.4) is 0 Å². The van der Waals surface area contributed by atoms with Crippen LogP contribution < -0.4 is 21.1 Å². The molecule has 0 heterocycles. The van der Waals surface area contributed by atoms with E-state index in [1.54, 1.807) is 26.3 Å². The van der Waals surface area contributed by atoms with Gasteiger partial charge in [-0.05, 0) is 36.2 Å². The average molecular weight is 399 g/mol. The maximum atomic E-state index is 11.2. The molecule has 2 aromatic rings. The fraction of sp³-hybridized carbons (Fsp3) is 0.364. The molecule has 2 aromatic carbocycles. The van der Waals surface area contributed by atoms with E-state index in [0.29, 0.717) is 37.8 Å². The van der Waals surface area contributed by atoms with Gasteiger partial charge >= 0.3 is 0 Å². The number of hydrogen-bond donors (Lipinski definition) is 3. The molecule has 0 spiro atoms. The van der Waals surface area contributed by atoms with E-state index in [2.05, 4.69) is 27.8 Å². The molecule has 7 heteroatoms. The van der Waals surface area contributed by atoms with Gasteiger partial charge in [0.1, 0.15) is 5.75 Å². The molecule has 4 N–H and O–H groups in total. The summed E-state index contributed by atoms with van der Waals surface area (Å²) in [7, 11) is 3.41. The standard InChI is InChI=1S/C22H30N4O3/c1-16-5-8-19(20(13-16)29-12-4-11-28-3)15-26-22(24-2)25-14-17-6-9-18(10-7-17)21(23)27/h5-10,13H,4,11-12,14-15H2,1-3H3,(H2,23,27)(H2,24,25,26). The number of rotatable bonds is 10. The lowest BCUT2D eigenvalue weighted by molar-refractivity contribution is 0.100. The van der Waals surface area contributed by atoms with Crippen molar-refractivity contribution in [3.8, 4) is 5.75 Å². The molecule has 0 saturated carbocycles. The van der Waals surface area contributed by atoms with Crippen LogP contribution >= 0.6 is 0 Å². The second-order valence-electron chi connectivity index (χ2n) is 6.65. The van der Waals surface area contributed by atoms with Gasteiger partial charge < -0.3 is 25.8 Å². The van der Waals surface area contributed by atoms with Gasteiger partial charge in [-0.1, -0.05) is 24.3 Å². The molecule has 7 nitrogen and oxygen atoms in total. The van der Waals surface area contributed by atoms with Crippen LogP contribution in [0, 0.1) is 6.92 Å². The van der Waals surface area contributed by atoms with E-state index in [0.717, 1.165) is 28.9 Å². The van der Waals surface area contributed by atoms with Gasteiger partial charge in [0.05, 0.1) is 6.61 Å². The molecule has 0 atom stereocenters. The van der Waals surface area contributed by atoms with Crippen molar-refractivity contribution in [1.29, 1.82) is 0 Å². The number of ether oxygens (including phenoxy) is 2. The van der Waals surface area contributed by atoms with Gasteiger partial charge in [-0.3, -0.25) is 9.79 Å². The van der Waals surface area contributed by atoms with E-state index < -0.39 is 5.91 Å².